The zero-order chi connectivity index (χ0) is 12.1. The number of rotatable bonds is 6. The average molecular weight is 232 g/mol. The number of nitrogens with zero attached hydrogens (tertiary/aromatic N) is 1. The maximum Gasteiger partial charge on any atom is 0.221 e. The van der Waals surface area contributed by atoms with Crippen LogP contribution in [0.3, 0.4) is 0 Å². The number of sulfonamides is 1. The van der Waals surface area contributed by atoms with Gasteiger partial charge in [-0.3, -0.25) is 4.79 Å². The maximum atomic E-state index is 11.5. The van der Waals surface area contributed by atoms with Crippen LogP contribution in [-0.2, 0) is 14.8 Å². The van der Waals surface area contributed by atoms with Gasteiger partial charge in [-0.25, -0.2) is 12.7 Å². The molecule has 0 aromatic carbocycles. The first-order chi connectivity index (χ1) is 6.79. The Hall–Kier alpha value is -1.14. The van der Waals surface area contributed by atoms with Gasteiger partial charge in [0.2, 0.25) is 10.0 Å². The molecule has 86 valence electrons. The summed E-state index contributed by atoms with van der Waals surface area (Å²) in [5, 5.41) is 0. The van der Waals surface area contributed by atoms with Gasteiger partial charge >= 0.3 is 0 Å². The second-order valence-electron chi connectivity index (χ2n) is 3.18. The smallest absolute Gasteiger partial charge is 0.221 e. The van der Waals surface area contributed by atoms with Crippen LogP contribution < -0.4 is 5.73 Å². The molecule has 6 heteroatoms. The van der Waals surface area contributed by atoms with Crippen LogP contribution in [0.25, 0.3) is 0 Å². The molecule has 0 saturated carbocycles. The van der Waals surface area contributed by atoms with E-state index in [1.807, 2.05) is 0 Å². The van der Waals surface area contributed by atoms with Crippen molar-refractivity contribution in [3.05, 3.63) is 24.4 Å². The number of carbonyl (C=O) groups excluding carboxylic acids is 1. The number of nitrogens with two attached hydrogens (primary N) is 1. The van der Waals surface area contributed by atoms with Crippen LogP contribution in [0.5, 0.6) is 0 Å². The fraction of sp³-hybridized carbons (Fsp3) is 0.444. The van der Waals surface area contributed by atoms with Crippen molar-refractivity contribution in [1.29, 1.82) is 0 Å². The fourth-order valence-corrected chi connectivity index (χ4v) is 1.88. The molecule has 0 unspecified atom stereocenters. The summed E-state index contributed by atoms with van der Waals surface area (Å²) in [5.74, 6) is -1.09. The first-order valence-corrected chi connectivity index (χ1v) is 5.92. The zero-order valence-corrected chi connectivity index (χ0v) is 9.75. The molecule has 0 aromatic heterocycles. The zero-order valence-electron chi connectivity index (χ0n) is 8.93. The van der Waals surface area contributed by atoms with E-state index in [9.17, 15) is 13.2 Å². The summed E-state index contributed by atoms with van der Waals surface area (Å²) in [5.41, 5.74) is 5.56. The van der Waals surface area contributed by atoms with Gasteiger partial charge in [0.05, 0.1) is 0 Å². The predicted octanol–water partition coefficient (Wildman–Crippen LogP) is -0.134. The van der Waals surface area contributed by atoms with Crippen molar-refractivity contribution in [2.45, 2.75) is 6.92 Å². The molecular formula is C9H16N2O3S. The van der Waals surface area contributed by atoms with Crippen molar-refractivity contribution in [3.8, 4) is 0 Å². The standard InChI is InChI=1S/C9H16N2O3S/c1-4-5-11(3)15(13,14)7-9(12)6-8(2)10/h4,6H,1,5,7,10H2,2-3H3. The molecule has 0 aliphatic heterocycles. The normalized spacial score (nSPS) is 12.9. The van der Waals surface area contributed by atoms with E-state index in [1.54, 1.807) is 0 Å². The Labute approximate surface area is 90.3 Å². The molecule has 0 saturated heterocycles. The van der Waals surface area contributed by atoms with E-state index >= 15 is 0 Å². The molecule has 2 N–H and O–H groups in total. The average Bonchev–Trinajstić information content (AvgIpc) is 2.01. The highest BCUT2D eigenvalue weighted by atomic mass is 32.2. The third kappa shape index (κ3) is 5.34. The SMILES string of the molecule is C=CCN(C)S(=O)(=O)CC(=O)C=C(C)N. The molecular weight excluding hydrogens is 216 g/mol. The van der Waals surface area contributed by atoms with E-state index in [1.165, 1.54) is 20.0 Å². The number of hydrogen-bond acceptors (Lipinski definition) is 4. The molecule has 0 aromatic rings. The number of hydrogen-bond donors (Lipinski definition) is 1. The molecule has 15 heavy (non-hydrogen) atoms. The van der Waals surface area contributed by atoms with Gasteiger partial charge < -0.3 is 5.73 Å². The summed E-state index contributed by atoms with van der Waals surface area (Å²) in [6.07, 6.45) is 2.56. The maximum absolute atomic E-state index is 11.5. The van der Waals surface area contributed by atoms with Gasteiger partial charge in [0.15, 0.2) is 5.78 Å². The van der Waals surface area contributed by atoms with Crippen molar-refractivity contribution >= 4 is 15.8 Å². The van der Waals surface area contributed by atoms with Crippen molar-refractivity contribution < 1.29 is 13.2 Å². The van der Waals surface area contributed by atoms with Gasteiger partial charge in [-0.05, 0) is 6.92 Å². The Kier molecular flexibility index (Phi) is 5.24. The van der Waals surface area contributed by atoms with Crippen molar-refractivity contribution in [3.63, 3.8) is 0 Å². The monoisotopic (exact) mass is 232 g/mol. The molecule has 0 fully saturated rings. The summed E-state index contributed by atoms with van der Waals surface area (Å²) in [7, 11) is -2.16. The fourth-order valence-electron chi connectivity index (χ4n) is 0.881. The van der Waals surface area contributed by atoms with Crippen LogP contribution in [0.1, 0.15) is 6.92 Å². The molecule has 0 rings (SSSR count). The van der Waals surface area contributed by atoms with Crippen LogP contribution in [0.15, 0.2) is 24.4 Å². The van der Waals surface area contributed by atoms with E-state index in [0.717, 1.165) is 10.4 Å². The molecule has 0 bridgehead atoms. The molecule has 0 heterocycles. The van der Waals surface area contributed by atoms with Crippen molar-refractivity contribution in [2.24, 2.45) is 5.73 Å². The van der Waals surface area contributed by atoms with E-state index in [4.69, 9.17) is 5.73 Å². The summed E-state index contributed by atoms with van der Waals surface area (Å²) >= 11 is 0. The molecule has 0 amide bonds. The number of ketones is 1. The summed E-state index contributed by atoms with van der Waals surface area (Å²) < 4.78 is 24.1. The van der Waals surface area contributed by atoms with Crippen LogP contribution in [0, 0.1) is 0 Å². The first kappa shape index (κ1) is 13.9. The Bertz CT molecular complexity index is 367. The first-order valence-electron chi connectivity index (χ1n) is 4.31. The lowest BCUT2D eigenvalue weighted by molar-refractivity contribution is -0.112. The molecule has 0 radical (unpaired) electrons. The highest BCUT2D eigenvalue weighted by Crippen LogP contribution is 1.99. The lowest BCUT2D eigenvalue weighted by Gasteiger charge is -2.13. The minimum absolute atomic E-state index is 0.181. The van der Waals surface area contributed by atoms with Gasteiger partial charge in [-0.1, -0.05) is 6.08 Å². The highest BCUT2D eigenvalue weighted by Gasteiger charge is 2.19. The lowest BCUT2D eigenvalue weighted by atomic mass is 10.3. The molecule has 5 nitrogen and oxygen atoms in total. The van der Waals surface area contributed by atoms with Gasteiger partial charge in [0, 0.05) is 25.4 Å². The van der Waals surface area contributed by atoms with E-state index in [0.29, 0.717) is 5.70 Å². The third-order valence-corrected chi connectivity index (χ3v) is 3.32. The van der Waals surface area contributed by atoms with Crippen molar-refractivity contribution in [1.82, 2.24) is 4.31 Å². The highest BCUT2D eigenvalue weighted by molar-refractivity contribution is 7.89. The quantitative estimate of drug-likeness (QED) is 0.511. The van der Waals surface area contributed by atoms with Crippen LogP contribution >= 0.6 is 0 Å². The minimum Gasteiger partial charge on any atom is -0.402 e. The summed E-state index contributed by atoms with van der Waals surface area (Å²) in [4.78, 5) is 11.2. The van der Waals surface area contributed by atoms with E-state index in [2.05, 4.69) is 6.58 Å². The second kappa shape index (κ2) is 5.67. The number of likely N-dealkylation sites (N-methyl/N-ethyl adjacent to an activating group) is 1. The van der Waals surface area contributed by atoms with Gasteiger partial charge in [-0.2, -0.15) is 0 Å². The predicted molar refractivity (Wildman–Crippen MR) is 59.6 cm³/mol. The van der Waals surface area contributed by atoms with Gasteiger partial charge in [0.1, 0.15) is 5.75 Å². The molecule has 0 aliphatic carbocycles. The Morgan fingerprint density at radius 1 is 1.53 bits per heavy atom. The van der Waals surface area contributed by atoms with E-state index in [-0.39, 0.29) is 6.54 Å². The third-order valence-electron chi connectivity index (χ3n) is 1.57. The number of carbonyl (C=O) groups is 1. The summed E-state index contributed by atoms with van der Waals surface area (Å²) in [6, 6.07) is 0. The lowest BCUT2D eigenvalue weighted by Crippen LogP contribution is -2.32. The summed E-state index contributed by atoms with van der Waals surface area (Å²) in [6.45, 7) is 5.13. The van der Waals surface area contributed by atoms with Crippen LogP contribution in [0.2, 0.25) is 0 Å². The molecule has 0 aliphatic rings. The van der Waals surface area contributed by atoms with Crippen LogP contribution in [-0.4, -0.2) is 37.9 Å². The largest absolute Gasteiger partial charge is 0.402 e. The Morgan fingerprint density at radius 2 is 2.07 bits per heavy atom. The van der Waals surface area contributed by atoms with Crippen LogP contribution in [0.4, 0.5) is 0 Å². The Balaban J connectivity index is 4.59. The molecule has 0 atom stereocenters. The minimum atomic E-state index is -3.55. The van der Waals surface area contributed by atoms with E-state index < -0.39 is 21.6 Å². The van der Waals surface area contributed by atoms with Crippen molar-refractivity contribution in [2.75, 3.05) is 19.3 Å². The van der Waals surface area contributed by atoms with Gasteiger partial charge in [-0.15, -0.1) is 6.58 Å². The Morgan fingerprint density at radius 3 is 2.47 bits per heavy atom. The topological polar surface area (TPSA) is 80.5 Å². The number of allylic oxidation sites excluding steroid dienone is 2. The van der Waals surface area contributed by atoms with Gasteiger partial charge in [0.25, 0.3) is 0 Å². The second-order valence-corrected chi connectivity index (χ2v) is 5.26. The molecule has 0 spiro atoms.